The third kappa shape index (κ3) is 2.92. The van der Waals surface area contributed by atoms with Crippen LogP contribution < -0.4 is 4.72 Å². The van der Waals surface area contributed by atoms with Crippen LogP contribution in [-0.4, -0.2) is 18.7 Å². The molecule has 0 aliphatic rings. The minimum absolute atomic E-state index is 0.256. The van der Waals surface area contributed by atoms with Gasteiger partial charge >= 0.3 is 0 Å². The molecule has 80 valence electrons. The fraction of sp³-hybridized carbons (Fsp3) is 0.333. The van der Waals surface area contributed by atoms with E-state index in [0.29, 0.717) is 5.69 Å². The SMILES string of the molecule is CCC(C#N)S(=O)(=O)Nc1cccnc1. The molecule has 15 heavy (non-hydrogen) atoms. The van der Waals surface area contributed by atoms with E-state index in [9.17, 15) is 8.42 Å². The van der Waals surface area contributed by atoms with Gasteiger partial charge in [0.05, 0.1) is 18.0 Å². The Labute approximate surface area is 88.8 Å². The molecule has 0 amide bonds. The van der Waals surface area contributed by atoms with E-state index in [1.807, 2.05) is 0 Å². The van der Waals surface area contributed by atoms with Gasteiger partial charge in [0.1, 0.15) is 0 Å². The number of hydrogen-bond acceptors (Lipinski definition) is 4. The lowest BCUT2D eigenvalue weighted by Gasteiger charge is -2.10. The van der Waals surface area contributed by atoms with Crippen LogP contribution in [0.4, 0.5) is 5.69 Å². The van der Waals surface area contributed by atoms with Crippen molar-refractivity contribution in [2.75, 3.05) is 4.72 Å². The first-order chi connectivity index (χ1) is 7.10. The zero-order valence-electron chi connectivity index (χ0n) is 8.21. The Kier molecular flexibility index (Phi) is 3.63. The summed E-state index contributed by atoms with van der Waals surface area (Å²) >= 11 is 0. The number of sulfonamides is 1. The molecule has 1 heterocycles. The van der Waals surface area contributed by atoms with Crippen LogP contribution in [0.3, 0.4) is 0 Å². The summed E-state index contributed by atoms with van der Waals surface area (Å²) in [5.41, 5.74) is 0.367. The van der Waals surface area contributed by atoms with Gasteiger partial charge in [0.25, 0.3) is 0 Å². The van der Waals surface area contributed by atoms with Crippen molar-refractivity contribution in [1.82, 2.24) is 4.98 Å². The van der Waals surface area contributed by atoms with E-state index in [0.717, 1.165) is 0 Å². The fourth-order valence-corrected chi connectivity index (χ4v) is 2.21. The lowest BCUT2D eigenvalue weighted by molar-refractivity contribution is 0.593. The normalized spacial score (nSPS) is 12.8. The largest absolute Gasteiger partial charge is 0.281 e. The summed E-state index contributed by atoms with van der Waals surface area (Å²) in [5.74, 6) is 0. The van der Waals surface area contributed by atoms with Gasteiger partial charge in [-0.25, -0.2) is 8.42 Å². The van der Waals surface area contributed by atoms with Crippen LogP contribution in [0.15, 0.2) is 24.5 Å². The number of nitrogens with zero attached hydrogens (tertiary/aromatic N) is 2. The summed E-state index contributed by atoms with van der Waals surface area (Å²) in [6.45, 7) is 1.65. The van der Waals surface area contributed by atoms with E-state index in [1.54, 1.807) is 31.3 Å². The summed E-state index contributed by atoms with van der Waals surface area (Å²) in [5, 5.41) is 7.62. The number of hydrogen-bond donors (Lipinski definition) is 1. The predicted octanol–water partition coefficient (Wildman–Crippen LogP) is 1.13. The molecule has 0 fully saturated rings. The Morgan fingerprint density at radius 3 is 2.87 bits per heavy atom. The van der Waals surface area contributed by atoms with Crippen molar-refractivity contribution in [3.63, 3.8) is 0 Å². The summed E-state index contributed by atoms with van der Waals surface area (Å²) in [4.78, 5) is 3.77. The number of aromatic nitrogens is 1. The van der Waals surface area contributed by atoms with Gasteiger partial charge in [-0.15, -0.1) is 0 Å². The summed E-state index contributed by atoms with van der Waals surface area (Å²) < 4.78 is 25.5. The highest BCUT2D eigenvalue weighted by Crippen LogP contribution is 2.11. The molecular formula is C9H11N3O2S. The predicted molar refractivity (Wildman–Crippen MR) is 56.5 cm³/mol. The van der Waals surface area contributed by atoms with Crippen LogP contribution >= 0.6 is 0 Å². The molecular weight excluding hydrogens is 214 g/mol. The minimum atomic E-state index is -3.63. The van der Waals surface area contributed by atoms with Gasteiger partial charge in [-0.2, -0.15) is 5.26 Å². The maximum Gasteiger partial charge on any atom is 0.249 e. The molecule has 6 heteroatoms. The third-order valence-corrected chi connectivity index (χ3v) is 3.52. The highest BCUT2D eigenvalue weighted by atomic mass is 32.2. The Morgan fingerprint density at radius 2 is 2.40 bits per heavy atom. The number of nitrogens with one attached hydrogen (secondary N) is 1. The lowest BCUT2D eigenvalue weighted by atomic mass is 10.4. The van der Waals surface area contributed by atoms with Crippen molar-refractivity contribution in [3.8, 4) is 6.07 Å². The molecule has 0 spiro atoms. The zero-order valence-corrected chi connectivity index (χ0v) is 9.03. The average molecular weight is 225 g/mol. The van der Waals surface area contributed by atoms with Crippen LogP contribution in [0.25, 0.3) is 0 Å². The number of nitriles is 1. The minimum Gasteiger partial charge on any atom is -0.281 e. The Balaban J connectivity index is 2.87. The summed E-state index contributed by atoms with van der Waals surface area (Å²) in [6.07, 6.45) is 3.19. The first kappa shape index (κ1) is 11.5. The van der Waals surface area contributed by atoms with E-state index in [4.69, 9.17) is 5.26 Å². The summed E-state index contributed by atoms with van der Waals surface area (Å²) in [6, 6.07) is 4.94. The third-order valence-electron chi connectivity index (χ3n) is 1.81. The first-order valence-electron chi connectivity index (χ1n) is 4.41. The van der Waals surface area contributed by atoms with Gasteiger partial charge < -0.3 is 0 Å². The van der Waals surface area contributed by atoms with E-state index in [1.165, 1.54) is 6.20 Å². The van der Waals surface area contributed by atoms with E-state index >= 15 is 0 Å². The molecule has 1 N–H and O–H groups in total. The van der Waals surface area contributed by atoms with Crippen molar-refractivity contribution in [1.29, 1.82) is 5.26 Å². The molecule has 1 unspecified atom stereocenters. The van der Waals surface area contributed by atoms with Crippen molar-refractivity contribution < 1.29 is 8.42 Å². The second kappa shape index (κ2) is 4.75. The molecule has 0 aromatic carbocycles. The highest BCUT2D eigenvalue weighted by molar-refractivity contribution is 7.93. The van der Waals surface area contributed by atoms with Gasteiger partial charge in [-0.05, 0) is 18.6 Å². The van der Waals surface area contributed by atoms with Gasteiger partial charge in [0, 0.05) is 6.20 Å². The Bertz CT molecular complexity index is 450. The van der Waals surface area contributed by atoms with Gasteiger partial charge in [-0.3, -0.25) is 9.71 Å². The number of anilines is 1. The van der Waals surface area contributed by atoms with Crippen LogP contribution in [0.1, 0.15) is 13.3 Å². The monoisotopic (exact) mass is 225 g/mol. The molecule has 1 rings (SSSR count). The Hall–Kier alpha value is -1.61. The smallest absolute Gasteiger partial charge is 0.249 e. The standard InChI is InChI=1S/C9H11N3O2S/c1-2-9(6-10)15(13,14)12-8-4-3-5-11-7-8/h3-5,7,9,12H,2H2,1H3. The topological polar surface area (TPSA) is 82.8 Å². The molecule has 0 radical (unpaired) electrons. The quantitative estimate of drug-likeness (QED) is 0.832. The van der Waals surface area contributed by atoms with Crippen molar-refractivity contribution in [2.45, 2.75) is 18.6 Å². The van der Waals surface area contributed by atoms with E-state index in [-0.39, 0.29) is 6.42 Å². The van der Waals surface area contributed by atoms with Crippen molar-refractivity contribution >= 4 is 15.7 Å². The van der Waals surface area contributed by atoms with Crippen LogP contribution in [0.5, 0.6) is 0 Å². The molecule has 1 aromatic rings. The van der Waals surface area contributed by atoms with Crippen LogP contribution in [0.2, 0.25) is 0 Å². The second-order valence-corrected chi connectivity index (χ2v) is 4.78. The molecule has 0 saturated carbocycles. The van der Waals surface area contributed by atoms with Crippen molar-refractivity contribution in [2.24, 2.45) is 0 Å². The first-order valence-corrected chi connectivity index (χ1v) is 5.96. The lowest BCUT2D eigenvalue weighted by Crippen LogP contribution is -2.25. The molecule has 1 atom stereocenters. The van der Waals surface area contributed by atoms with Crippen LogP contribution in [0, 0.1) is 11.3 Å². The van der Waals surface area contributed by atoms with E-state index < -0.39 is 15.3 Å². The molecule has 0 aliphatic carbocycles. The summed E-state index contributed by atoms with van der Waals surface area (Å²) in [7, 11) is -3.63. The average Bonchev–Trinajstić information content (AvgIpc) is 2.19. The van der Waals surface area contributed by atoms with Gasteiger partial charge in [0.2, 0.25) is 10.0 Å². The highest BCUT2D eigenvalue weighted by Gasteiger charge is 2.23. The van der Waals surface area contributed by atoms with Crippen LogP contribution in [-0.2, 0) is 10.0 Å². The number of rotatable bonds is 4. The maximum atomic E-state index is 11.6. The van der Waals surface area contributed by atoms with Gasteiger partial charge in [0.15, 0.2) is 5.25 Å². The maximum absolute atomic E-state index is 11.6. The van der Waals surface area contributed by atoms with Gasteiger partial charge in [-0.1, -0.05) is 6.92 Å². The van der Waals surface area contributed by atoms with E-state index in [2.05, 4.69) is 9.71 Å². The molecule has 0 bridgehead atoms. The Morgan fingerprint density at radius 1 is 1.67 bits per heavy atom. The molecule has 0 saturated heterocycles. The second-order valence-electron chi connectivity index (χ2n) is 2.91. The number of pyridine rings is 1. The van der Waals surface area contributed by atoms with Crippen molar-refractivity contribution in [3.05, 3.63) is 24.5 Å². The molecule has 1 aromatic heterocycles. The molecule has 5 nitrogen and oxygen atoms in total. The fourth-order valence-electron chi connectivity index (χ4n) is 1.04. The zero-order chi connectivity index (χ0) is 11.3. The molecule has 0 aliphatic heterocycles.